The van der Waals surface area contributed by atoms with Crippen LogP contribution in [0.1, 0.15) is 5.82 Å². The van der Waals surface area contributed by atoms with Gasteiger partial charge in [-0.1, -0.05) is 0 Å². The first-order valence-electron chi connectivity index (χ1n) is 9.12. The molecule has 2 saturated heterocycles. The Morgan fingerprint density at radius 3 is 2.86 bits per heavy atom. The third kappa shape index (κ3) is 3.90. The molecule has 1 amide bonds. The number of hydrogen-bond donors (Lipinski definition) is 1. The molecule has 0 spiro atoms. The van der Waals surface area contributed by atoms with Gasteiger partial charge in [-0.3, -0.25) is 4.90 Å². The number of carbonyl (C=O) groups excluding carboxylic acids is 1. The summed E-state index contributed by atoms with van der Waals surface area (Å²) in [6.45, 7) is 2.82. The predicted octanol–water partition coefficient (Wildman–Crippen LogP) is 0.209. The van der Waals surface area contributed by atoms with Crippen LogP contribution in [0.3, 0.4) is 0 Å². The fraction of sp³-hybridized carbons (Fsp3) is 0.529. The van der Waals surface area contributed by atoms with Gasteiger partial charge in [-0.15, -0.1) is 10.2 Å². The van der Waals surface area contributed by atoms with Crippen molar-refractivity contribution in [1.29, 1.82) is 0 Å². The average molecular weight is 392 g/mol. The van der Waals surface area contributed by atoms with Crippen LogP contribution in [0.5, 0.6) is 0 Å². The van der Waals surface area contributed by atoms with Crippen LogP contribution in [0.15, 0.2) is 18.2 Å². The van der Waals surface area contributed by atoms with Crippen molar-refractivity contribution < 1.29 is 23.8 Å². The standard InChI is InChI=1S/C17H21FN6O4/c18-14-9-12(1-2-15(14)22-4-7-27-8-5-22)23-10-13(28-17(23)26)11-24-20-16(3-6-25)19-21-24/h1-2,9,13,25H,3-8,10-11H2/t13-/m1/s1. The van der Waals surface area contributed by atoms with Gasteiger partial charge in [0.05, 0.1) is 37.7 Å². The van der Waals surface area contributed by atoms with Crippen LogP contribution in [0, 0.1) is 5.82 Å². The van der Waals surface area contributed by atoms with Crippen LogP contribution in [-0.2, 0) is 22.4 Å². The second-order valence-corrected chi connectivity index (χ2v) is 6.59. The Hall–Kier alpha value is -2.79. The minimum absolute atomic E-state index is 0.0656. The summed E-state index contributed by atoms with van der Waals surface area (Å²) in [5.74, 6) is 0.0340. The van der Waals surface area contributed by atoms with E-state index < -0.39 is 12.2 Å². The van der Waals surface area contributed by atoms with Crippen LogP contribution in [0.25, 0.3) is 0 Å². The number of rotatable bonds is 6. The molecule has 0 radical (unpaired) electrons. The first-order chi connectivity index (χ1) is 13.6. The van der Waals surface area contributed by atoms with Gasteiger partial charge in [-0.05, 0) is 23.4 Å². The lowest BCUT2D eigenvalue weighted by Crippen LogP contribution is -2.36. The third-order valence-electron chi connectivity index (χ3n) is 4.67. The fourth-order valence-electron chi connectivity index (χ4n) is 3.29. The summed E-state index contributed by atoms with van der Waals surface area (Å²) < 4.78 is 25.3. The van der Waals surface area contributed by atoms with Gasteiger partial charge in [-0.2, -0.15) is 4.80 Å². The summed E-state index contributed by atoms with van der Waals surface area (Å²) in [5, 5.41) is 20.7. The van der Waals surface area contributed by atoms with Crippen LogP contribution in [0.4, 0.5) is 20.6 Å². The maximum absolute atomic E-state index is 14.6. The number of halogens is 1. The van der Waals surface area contributed by atoms with Crippen LogP contribution in [0.2, 0.25) is 0 Å². The molecule has 0 bridgehead atoms. The Balaban J connectivity index is 1.42. The molecule has 150 valence electrons. The van der Waals surface area contributed by atoms with Crippen molar-refractivity contribution in [3.63, 3.8) is 0 Å². The second kappa shape index (κ2) is 8.07. The maximum Gasteiger partial charge on any atom is 0.414 e. The van der Waals surface area contributed by atoms with E-state index in [1.807, 2.05) is 4.90 Å². The number of aliphatic hydroxyl groups excluding tert-OH is 1. The summed E-state index contributed by atoms with van der Waals surface area (Å²) in [6, 6.07) is 4.74. The second-order valence-electron chi connectivity index (χ2n) is 6.59. The largest absolute Gasteiger partial charge is 0.442 e. The van der Waals surface area contributed by atoms with Gasteiger partial charge in [0, 0.05) is 19.5 Å². The molecule has 1 N–H and O–H groups in total. The Morgan fingerprint density at radius 1 is 1.29 bits per heavy atom. The number of morpholine rings is 1. The number of benzene rings is 1. The highest BCUT2D eigenvalue weighted by atomic mass is 19.1. The van der Waals surface area contributed by atoms with Crippen molar-refractivity contribution in [3.05, 3.63) is 29.8 Å². The lowest BCUT2D eigenvalue weighted by atomic mass is 10.2. The van der Waals surface area contributed by atoms with E-state index in [1.54, 1.807) is 12.1 Å². The van der Waals surface area contributed by atoms with Crippen LogP contribution < -0.4 is 9.80 Å². The van der Waals surface area contributed by atoms with Gasteiger partial charge in [0.15, 0.2) is 5.82 Å². The first-order valence-corrected chi connectivity index (χ1v) is 9.12. The van der Waals surface area contributed by atoms with E-state index in [0.29, 0.717) is 49.9 Å². The molecule has 11 heteroatoms. The van der Waals surface area contributed by atoms with Crippen molar-refractivity contribution in [2.45, 2.75) is 19.1 Å². The number of cyclic esters (lactones) is 1. The molecule has 10 nitrogen and oxygen atoms in total. The summed E-state index contributed by atoms with van der Waals surface area (Å²) in [4.78, 5) is 16.9. The van der Waals surface area contributed by atoms with Gasteiger partial charge in [0.2, 0.25) is 0 Å². The molecule has 4 rings (SSSR count). The topological polar surface area (TPSA) is 106 Å². The summed E-state index contributed by atoms with van der Waals surface area (Å²) in [6.07, 6.45) is -0.712. The molecule has 0 aliphatic carbocycles. The smallest absolute Gasteiger partial charge is 0.414 e. The molecule has 2 aromatic rings. The third-order valence-corrected chi connectivity index (χ3v) is 4.67. The molecular formula is C17H21FN6O4. The van der Waals surface area contributed by atoms with Crippen molar-refractivity contribution in [1.82, 2.24) is 20.2 Å². The summed E-state index contributed by atoms with van der Waals surface area (Å²) >= 11 is 0. The zero-order valence-electron chi connectivity index (χ0n) is 15.2. The zero-order chi connectivity index (χ0) is 19.5. The Morgan fingerprint density at radius 2 is 2.11 bits per heavy atom. The van der Waals surface area contributed by atoms with Crippen molar-refractivity contribution >= 4 is 17.5 Å². The number of aromatic nitrogens is 4. The first kappa shape index (κ1) is 18.6. The number of ether oxygens (including phenoxy) is 2. The minimum atomic E-state index is -0.542. The highest BCUT2D eigenvalue weighted by molar-refractivity contribution is 5.90. The monoisotopic (exact) mass is 392 g/mol. The molecule has 28 heavy (non-hydrogen) atoms. The summed E-state index contributed by atoms with van der Waals surface area (Å²) in [5.41, 5.74) is 0.939. The number of aliphatic hydroxyl groups is 1. The molecule has 2 aliphatic rings. The van der Waals surface area contributed by atoms with Crippen LogP contribution in [-0.4, -0.2) is 77.0 Å². The van der Waals surface area contributed by atoms with E-state index in [0.717, 1.165) is 0 Å². The average Bonchev–Trinajstić information content (AvgIpc) is 3.29. The van der Waals surface area contributed by atoms with Crippen LogP contribution >= 0.6 is 0 Å². The fourth-order valence-corrected chi connectivity index (χ4v) is 3.29. The SMILES string of the molecule is O=C1O[C@@H](Cn2nnc(CCO)n2)CN1c1ccc(N2CCOCC2)c(F)c1. The number of amides is 1. The molecule has 0 saturated carbocycles. The van der Waals surface area contributed by atoms with E-state index in [2.05, 4.69) is 15.4 Å². The number of hydrogen-bond acceptors (Lipinski definition) is 8. The number of anilines is 2. The highest BCUT2D eigenvalue weighted by Crippen LogP contribution is 2.28. The molecule has 1 aromatic carbocycles. The van der Waals surface area contributed by atoms with Crippen molar-refractivity contribution in [3.8, 4) is 0 Å². The van der Waals surface area contributed by atoms with Crippen molar-refractivity contribution in [2.75, 3.05) is 49.3 Å². The molecule has 0 unspecified atom stereocenters. The number of nitrogens with zero attached hydrogens (tertiary/aromatic N) is 6. The minimum Gasteiger partial charge on any atom is -0.442 e. The molecule has 2 aliphatic heterocycles. The predicted molar refractivity (Wildman–Crippen MR) is 95.7 cm³/mol. The molecule has 3 heterocycles. The van der Waals surface area contributed by atoms with Gasteiger partial charge in [0.1, 0.15) is 18.5 Å². The van der Waals surface area contributed by atoms with E-state index in [-0.39, 0.29) is 25.5 Å². The Kier molecular flexibility index (Phi) is 5.35. The lowest BCUT2D eigenvalue weighted by Gasteiger charge is -2.29. The van der Waals surface area contributed by atoms with Crippen molar-refractivity contribution in [2.24, 2.45) is 0 Å². The normalized spacial score (nSPS) is 19.9. The molecule has 1 aromatic heterocycles. The lowest BCUT2D eigenvalue weighted by molar-refractivity contribution is 0.122. The Bertz CT molecular complexity index is 841. The highest BCUT2D eigenvalue weighted by Gasteiger charge is 2.33. The molecule has 1 atom stereocenters. The zero-order valence-corrected chi connectivity index (χ0v) is 15.2. The maximum atomic E-state index is 14.6. The van der Waals surface area contributed by atoms with E-state index in [9.17, 15) is 9.18 Å². The quantitative estimate of drug-likeness (QED) is 0.744. The van der Waals surface area contributed by atoms with Gasteiger partial charge in [0.25, 0.3) is 0 Å². The summed E-state index contributed by atoms with van der Waals surface area (Å²) in [7, 11) is 0. The van der Waals surface area contributed by atoms with E-state index in [4.69, 9.17) is 14.6 Å². The Labute approximate surface area is 160 Å². The van der Waals surface area contributed by atoms with Gasteiger partial charge < -0.3 is 19.5 Å². The van der Waals surface area contributed by atoms with E-state index in [1.165, 1.54) is 15.8 Å². The molecular weight excluding hydrogens is 371 g/mol. The number of carbonyl (C=O) groups is 1. The van der Waals surface area contributed by atoms with E-state index >= 15 is 0 Å². The van der Waals surface area contributed by atoms with Gasteiger partial charge in [-0.25, -0.2) is 9.18 Å². The molecule has 2 fully saturated rings. The number of tetrazole rings is 1. The van der Waals surface area contributed by atoms with Gasteiger partial charge >= 0.3 is 6.09 Å².